The number of rotatable bonds is 2. The summed E-state index contributed by atoms with van der Waals surface area (Å²) < 4.78 is 19.5. The smallest absolute Gasteiger partial charge is 0.237 e. The summed E-state index contributed by atoms with van der Waals surface area (Å²) in [5.74, 6) is 0.166. The van der Waals surface area contributed by atoms with E-state index in [4.69, 9.17) is 4.74 Å². The maximum Gasteiger partial charge on any atom is 0.237 e. The quantitative estimate of drug-likeness (QED) is 0.802. The summed E-state index contributed by atoms with van der Waals surface area (Å²) in [6.45, 7) is 0. The number of fused-ring (bicyclic) bond motifs is 1. The van der Waals surface area contributed by atoms with E-state index in [2.05, 4.69) is 27.0 Å². The molecule has 1 aromatic heterocycles. The summed E-state index contributed by atoms with van der Waals surface area (Å²) in [6.07, 6.45) is 4.06. The van der Waals surface area contributed by atoms with Gasteiger partial charge in [0, 0.05) is 11.8 Å². The first-order valence-corrected chi connectivity index (χ1v) is 7.52. The van der Waals surface area contributed by atoms with Gasteiger partial charge in [-0.2, -0.15) is 5.26 Å². The van der Waals surface area contributed by atoms with Gasteiger partial charge < -0.3 is 4.74 Å². The summed E-state index contributed by atoms with van der Waals surface area (Å²) in [4.78, 5) is 4.45. The lowest BCUT2D eigenvalue weighted by atomic mass is 9.95. The molecule has 0 spiro atoms. The van der Waals surface area contributed by atoms with Gasteiger partial charge in [-0.1, -0.05) is 0 Å². The Morgan fingerprint density at radius 2 is 2.05 bits per heavy atom. The number of hydrogen-bond acceptors (Lipinski definition) is 3. The van der Waals surface area contributed by atoms with Crippen molar-refractivity contribution < 1.29 is 9.13 Å². The van der Waals surface area contributed by atoms with E-state index < -0.39 is 5.82 Å². The lowest BCUT2D eigenvalue weighted by Crippen LogP contribution is -2.07. The van der Waals surface area contributed by atoms with Crippen molar-refractivity contribution in [1.29, 1.82) is 5.26 Å². The van der Waals surface area contributed by atoms with Crippen LogP contribution in [0.4, 0.5) is 4.39 Å². The Labute approximate surface area is 130 Å². The zero-order chi connectivity index (χ0) is 14.8. The number of aromatic nitrogens is 1. The van der Waals surface area contributed by atoms with E-state index in [-0.39, 0.29) is 5.88 Å². The first kappa shape index (κ1) is 14.0. The van der Waals surface area contributed by atoms with Gasteiger partial charge in [0.1, 0.15) is 23.2 Å². The van der Waals surface area contributed by atoms with Crippen LogP contribution in [-0.4, -0.2) is 4.98 Å². The SMILES string of the molecule is N#Cc1cc2c(nc1Oc1ccc(Br)c(F)c1)CCCC2. The predicted molar refractivity (Wildman–Crippen MR) is 79.8 cm³/mol. The maximum absolute atomic E-state index is 13.5. The van der Waals surface area contributed by atoms with Gasteiger partial charge in [0.25, 0.3) is 0 Å². The summed E-state index contributed by atoms with van der Waals surface area (Å²) >= 11 is 3.09. The van der Waals surface area contributed by atoms with Crippen LogP contribution in [-0.2, 0) is 12.8 Å². The molecular weight excluding hydrogens is 335 g/mol. The normalized spacial score (nSPS) is 13.4. The largest absolute Gasteiger partial charge is 0.438 e. The molecule has 0 aliphatic heterocycles. The van der Waals surface area contributed by atoms with Crippen molar-refractivity contribution in [2.45, 2.75) is 25.7 Å². The highest BCUT2D eigenvalue weighted by Gasteiger charge is 2.16. The average molecular weight is 347 g/mol. The van der Waals surface area contributed by atoms with Crippen LogP contribution in [0.15, 0.2) is 28.7 Å². The fourth-order valence-corrected chi connectivity index (χ4v) is 2.67. The highest BCUT2D eigenvalue weighted by Crippen LogP contribution is 2.30. The molecule has 1 aliphatic rings. The lowest BCUT2D eigenvalue weighted by Gasteiger charge is -2.16. The molecule has 0 fully saturated rings. The molecule has 106 valence electrons. The first-order valence-electron chi connectivity index (χ1n) is 6.73. The monoisotopic (exact) mass is 346 g/mol. The van der Waals surface area contributed by atoms with Crippen LogP contribution in [0.2, 0.25) is 0 Å². The average Bonchev–Trinajstić information content (AvgIpc) is 2.50. The molecule has 5 heteroatoms. The number of ether oxygens (including phenoxy) is 1. The number of nitriles is 1. The number of pyridine rings is 1. The lowest BCUT2D eigenvalue weighted by molar-refractivity contribution is 0.451. The molecular formula is C16H12BrFN2O. The van der Waals surface area contributed by atoms with Gasteiger partial charge in [0.15, 0.2) is 0 Å². The van der Waals surface area contributed by atoms with Crippen molar-refractivity contribution in [2.24, 2.45) is 0 Å². The van der Waals surface area contributed by atoms with Crippen molar-refractivity contribution in [3.63, 3.8) is 0 Å². The third-order valence-electron chi connectivity index (χ3n) is 3.49. The Morgan fingerprint density at radius 3 is 2.81 bits per heavy atom. The Morgan fingerprint density at radius 1 is 1.24 bits per heavy atom. The van der Waals surface area contributed by atoms with Crippen molar-refractivity contribution in [2.75, 3.05) is 0 Å². The summed E-state index contributed by atoms with van der Waals surface area (Å²) in [5.41, 5.74) is 2.49. The van der Waals surface area contributed by atoms with E-state index >= 15 is 0 Å². The molecule has 0 radical (unpaired) electrons. The number of benzene rings is 1. The summed E-state index contributed by atoms with van der Waals surface area (Å²) in [6, 6.07) is 8.41. The van der Waals surface area contributed by atoms with Gasteiger partial charge in [0.2, 0.25) is 5.88 Å². The van der Waals surface area contributed by atoms with E-state index in [1.165, 1.54) is 6.07 Å². The van der Waals surface area contributed by atoms with Gasteiger partial charge in [-0.3, -0.25) is 0 Å². The van der Waals surface area contributed by atoms with Crippen LogP contribution < -0.4 is 4.74 Å². The molecule has 0 N–H and O–H groups in total. The second kappa shape index (κ2) is 5.82. The molecule has 0 saturated heterocycles. The van der Waals surface area contributed by atoms with Crippen molar-refractivity contribution >= 4 is 15.9 Å². The van der Waals surface area contributed by atoms with Crippen LogP contribution in [0.1, 0.15) is 29.7 Å². The predicted octanol–water partition coefficient (Wildman–Crippen LogP) is 4.53. The molecule has 3 nitrogen and oxygen atoms in total. The molecule has 0 unspecified atom stereocenters. The van der Waals surface area contributed by atoms with E-state index in [0.29, 0.717) is 15.8 Å². The van der Waals surface area contributed by atoms with Crippen LogP contribution in [0.25, 0.3) is 0 Å². The number of hydrogen-bond donors (Lipinski definition) is 0. The topological polar surface area (TPSA) is 45.9 Å². The van der Waals surface area contributed by atoms with Crippen LogP contribution >= 0.6 is 15.9 Å². The summed E-state index contributed by atoms with van der Waals surface area (Å²) in [5, 5.41) is 9.25. The van der Waals surface area contributed by atoms with Gasteiger partial charge in [-0.25, -0.2) is 9.37 Å². The molecule has 1 aliphatic carbocycles. The Hall–Kier alpha value is -1.93. The second-order valence-electron chi connectivity index (χ2n) is 4.94. The number of aryl methyl sites for hydroxylation is 2. The molecule has 2 aromatic rings. The van der Waals surface area contributed by atoms with Gasteiger partial charge in [-0.15, -0.1) is 0 Å². The third-order valence-corrected chi connectivity index (χ3v) is 4.14. The maximum atomic E-state index is 13.5. The molecule has 1 heterocycles. The molecule has 0 bridgehead atoms. The van der Waals surface area contributed by atoms with Crippen molar-refractivity contribution in [3.05, 3.63) is 51.4 Å². The van der Waals surface area contributed by atoms with E-state index in [0.717, 1.165) is 36.9 Å². The second-order valence-corrected chi connectivity index (χ2v) is 5.80. The molecule has 1 aromatic carbocycles. The number of nitrogens with zero attached hydrogens (tertiary/aromatic N) is 2. The fraction of sp³-hybridized carbons (Fsp3) is 0.250. The highest BCUT2D eigenvalue weighted by molar-refractivity contribution is 9.10. The van der Waals surface area contributed by atoms with Gasteiger partial charge in [-0.05, 0) is 65.4 Å². The molecule has 3 rings (SSSR count). The molecule has 0 atom stereocenters. The number of halogens is 2. The Kier molecular flexibility index (Phi) is 3.89. The zero-order valence-corrected chi connectivity index (χ0v) is 12.8. The third kappa shape index (κ3) is 2.91. The summed E-state index contributed by atoms with van der Waals surface area (Å²) in [7, 11) is 0. The van der Waals surface area contributed by atoms with Gasteiger partial charge in [0.05, 0.1) is 4.47 Å². The molecule has 0 saturated carbocycles. The standard InChI is InChI=1S/C16H12BrFN2O/c17-13-6-5-12(8-14(13)18)21-16-11(9-19)7-10-3-1-2-4-15(10)20-16/h5-8H,1-4H2. The first-order chi connectivity index (χ1) is 10.2. The van der Waals surface area contributed by atoms with Gasteiger partial charge >= 0.3 is 0 Å². The van der Waals surface area contributed by atoms with E-state index in [1.807, 2.05) is 6.07 Å². The van der Waals surface area contributed by atoms with Crippen molar-refractivity contribution in [1.82, 2.24) is 4.98 Å². The van der Waals surface area contributed by atoms with E-state index in [9.17, 15) is 9.65 Å². The van der Waals surface area contributed by atoms with E-state index in [1.54, 1.807) is 12.1 Å². The van der Waals surface area contributed by atoms with Crippen molar-refractivity contribution in [3.8, 4) is 17.7 Å². The van der Waals surface area contributed by atoms with Crippen LogP contribution in [0.5, 0.6) is 11.6 Å². The fourth-order valence-electron chi connectivity index (χ4n) is 2.42. The zero-order valence-electron chi connectivity index (χ0n) is 11.2. The highest BCUT2D eigenvalue weighted by atomic mass is 79.9. The Bertz CT molecular complexity index is 740. The molecule has 0 amide bonds. The van der Waals surface area contributed by atoms with Crippen LogP contribution in [0, 0.1) is 17.1 Å². The van der Waals surface area contributed by atoms with Crippen LogP contribution in [0.3, 0.4) is 0 Å². The minimum Gasteiger partial charge on any atom is -0.438 e. The minimum absolute atomic E-state index is 0.250. The minimum atomic E-state index is -0.413. The Balaban J connectivity index is 1.97. The molecule has 21 heavy (non-hydrogen) atoms.